The zero-order valence-electron chi connectivity index (χ0n) is 19.7. The highest BCUT2D eigenvalue weighted by atomic mass is 28.4. The topological polar surface area (TPSA) is 55.8 Å². The van der Waals surface area contributed by atoms with Gasteiger partial charge in [-0.05, 0) is 48.7 Å². The number of carbonyl (C=O) groups is 2. The zero-order valence-corrected chi connectivity index (χ0v) is 20.7. The molecule has 33 heavy (non-hydrogen) atoms. The Kier molecular flexibility index (Phi) is 8.56. The van der Waals surface area contributed by atoms with E-state index in [0.717, 1.165) is 35.0 Å². The SMILES string of the molecule is CC(C)(C)[Si](C)(C)O/C=C/[C@@H](C/C=C\C(=O)N1C(=O)OC[C@@H]1Cc1ccccc1)C(F)(F)F. The molecule has 1 aromatic carbocycles. The Bertz CT molecular complexity index is 876. The van der Waals surface area contributed by atoms with Crippen molar-refractivity contribution in [1.29, 1.82) is 0 Å². The van der Waals surface area contributed by atoms with Crippen LogP contribution in [0.25, 0.3) is 0 Å². The molecule has 1 aliphatic rings. The predicted octanol–water partition coefficient (Wildman–Crippen LogP) is 6.24. The molecule has 0 aliphatic carbocycles. The number of ether oxygens (including phenoxy) is 1. The minimum Gasteiger partial charge on any atom is -0.549 e. The lowest BCUT2D eigenvalue weighted by Crippen LogP contribution is -2.39. The number of allylic oxidation sites excluding steroid dienone is 2. The van der Waals surface area contributed by atoms with Crippen molar-refractivity contribution in [2.24, 2.45) is 5.92 Å². The van der Waals surface area contributed by atoms with Crippen molar-refractivity contribution < 1.29 is 31.9 Å². The van der Waals surface area contributed by atoms with E-state index in [0.29, 0.717) is 6.42 Å². The lowest BCUT2D eigenvalue weighted by molar-refractivity contribution is -0.160. The van der Waals surface area contributed by atoms with Gasteiger partial charge >= 0.3 is 12.3 Å². The van der Waals surface area contributed by atoms with E-state index < -0.39 is 44.9 Å². The largest absolute Gasteiger partial charge is 0.549 e. The molecule has 0 radical (unpaired) electrons. The maximum Gasteiger partial charge on any atom is 0.417 e. The van der Waals surface area contributed by atoms with Crippen molar-refractivity contribution in [3.8, 4) is 0 Å². The molecule has 182 valence electrons. The van der Waals surface area contributed by atoms with Crippen LogP contribution in [0.3, 0.4) is 0 Å². The molecule has 0 unspecified atom stereocenters. The van der Waals surface area contributed by atoms with Crippen LogP contribution in [-0.4, -0.2) is 44.0 Å². The minimum absolute atomic E-state index is 0.0476. The van der Waals surface area contributed by atoms with Gasteiger partial charge in [0.15, 0.2) is 0 Å². The number of imide groups is 1. The van der Waals surface area contributed by atoms with Crippen molar-refractivity contribution in [3.63, 3.8) is 0 Å². The number of cyclic esters (lactones) is 1. The first-order valence-electron chi connectivity index (χ1n) is 10.8. The maximum absolute atomic E-state index is 13.5. The summed E-state index contributed by atoms with van der Waals surface area (Å²) in [6, 6.07) is 8.78. The van der Waals surface area contributed by atoms with Crippen LogP contribution in [0.1, 0.15) is 32.8 Å². The summed E-state index contributed by atoms with van der Waals surface area (Å²) >= 11 is 0. The molecule has 0 bridgehead atoms. The van der Waals surface area contributed by atoms with Crippen LogP contribution < -0.4 is 0 Å². The molecular weight excluding hydrogens is 451 g/mol. The van der Waals surface area contributed by atoms with E-state index >= 15 is 0 Å². The van der Waals surface area contributed by atoms with Gasteiger partial charge in [0.25, 0.3) is 5.91 Å². The molecule has 9 heteroatoms. The third kappa shape index (κ3) is 7.48. The Morgan fingerprint density at radius 2 is 1.88 bits per heavy atom. The molecule has 1 aliphatic heterocycles. The molecule has 0 aromatic heterocycles. The van der Waals surface area contributed by atoms with Crippen LogP contribution in [0, 0.1) is 5.92 Å². The number of halogens is 3. The first kappa shape index (κ1) is 26.7. The average Bonchev–Trinajstić information content (AvgIpc) is 3.05. The second kappa shape index (κ2) is 10.6. The highest BCUT2D eigenvalue weighted by Gasteiger charge is 2.40. The van der Waals surface area contributed by atoms with Gasteiger partial charge in [-0.2, -0.15) is 13.2 Å². The summed E-state index contributed by atoms with van der Waals surface area (Å²) in [6.07, 6.45) is -1.06. The number of carbonyl (C=O) groups excluding carboxylic acids is 2. The van der Waals surface area contributed by atoms with Gasteiger partial charge < -0.3 is 9.16 Å². The summed E-state index contributed by atoms with van der Waals surface area (Å²) in [5.41, 5.74) is 0.923. The Morgan fingerprint density at radius 3 is 2.45 bits per heavy atom. The molecule has 0 spiro atoms. The molecule has 1 aromatic rings. The van der Waals surface area contributed by atoms with E-state index in [-0.39, 0.29) is 11.6 Å². The summed E-state index contributed by atoms with van der Waals surface area (Å²) in [5.74, 6) is -2.50. The van der Waals surface area contributed by atoms with Crippen LogP contribution in [0.5, 0.6) is 0 Å². The fourth-order valence-electron chi connectivity index (χ4n) is 2.97. The molecule has 1 saturated heterocycles. The van der Waals surface area contributed by atoms with E-state index in [2.05, 4.69) is 0 Å². The molecule has 5 nitrogen and oxygen atoms in total. The first-order chi connectivity index (χ1) is 15.2. The first-order valence-corrected chi connectivity index (χ1v) is 13.7. The van der Waals surface area contributed by atoms with Gasteiger partial charge in [0.05, 0.1) is 18.2 Å². The van der Waals surface area contributed by atoms with Crippen molar-refractivity contribution in [2.75, 3.05) is 6.61 Å². The van der Waals surface area contributed by atoms with E-state index in [9.17, 15) is 22.8 Å². The van der Waals surface area contributed by atoms with E-state index in [1.54, 1.807) is 0 Å². The second-order valence-corrected chi connectivity index (χ2v) is 14.4. The van der Waals surface area contributed by atoms with Crippen LogP contribution in [0.2, 0.25) is 18.1 Å². The molecule has 0 saturated carbocycles. The van der Waals surface area contributed by atoms with Crippen molar-refractivity contribution in [1.82, 2.24) is 4.90 Å². The summed E-state index contributed by atoms with van der Waals surface area (Å²) in [7, 11) is -2.23. The van der Waals surface area contributed by atoms with E-state index in [1.165, 1.54) is 0 Å². The average molecular weight is 484 g/mol. The van der Waals surface area contributed by atoms with Gasteiger partial charge in [0.2, 0.25) is 8.32 Å². The summed E-state index contributed by atoms with van der Waals surface area (Å²) in [6.45, 7) is 9.93. The monoisotopic (exact) mass is 483 g/mol. The smallest absolute Gasteiger partial charge is 0.417 e. The number of hydrogen-bond donors (Lipinski definition) is 0. The Labute approximate surface area is 194 Å². The van der Waals surface area contributed by atoms with Crippen LogP contribution in [-0.2, 0) is 20.4 Å². The minimum atomic E-state index is -4.50. The Hall–Kier alpha value is -2.55. The molecule has 2 amide bonds. The lowest BCUT2D eigenvalue weighted by atomic mass is 10.0. The highest BCUT2D eigenvalue weighted by molar-refractivity contribution is 6.74. The number of amides is 2. The van der Waals surface area contributed by atoms with E-state index in [1.807, 2.05) is 64.2 Å². The second-order valence-electron chi connectivity index (χ2n) is 9.62. The third-order valence-corrected chi connectivity index (χ3v) is 10.4. The van der Waals surface area contributed by atoms with Gasteiger partial charge in [-0.1, -0.05) is 57.2 Å². The quantitative estimate of drug-likeness (QED) is 0.250. The number of alkyl halides is 3. The van der Waals surface area contributed by atoms with Crippen LogP contribution in [0.4, 0.5) is 18.0 Å². The summed E-state index contributed by atoms with van der Waals surface area (Å²) in [5, 5.41) is -0.141. The van der Waals surface area contributed by atoms with Gasteiger partial charge in [-0.25, -0.2) is 9.69 Å². The molecule has 1 fully saturated rings. The van der Waals surface area contributed by atoms with Crippen molar-refractivity contribution >= 4 is 20.3 Å². The van der Waals surface area contributed by atoms with Crippen molar-refractivity contribution in [2.45, 2.75) is 64.0 Å². The number of rotatable bonds is 8. The van der Waals surface area contributed by atoms with Crippen LogP contribution in [0.15, 0.2) is 54.8 Å². The van der Waals surface area contributed by atoms with E-state index in [4.69, 9.17) is 9.16 Å². The molecule has 2 rings (SSSR count). The molecule has 0 N–H and O–H groups in total. The standard InChI is InChI=1S/C24H32F3NO4Si/c1-23(2,3)33(4,5)32-15-14-19(24(25,26)27)12-9-13-21(29)28-20(17-31-22(28)30)16-18-10-7-6-8-11-18/h6-11,13-15,19-20H,12,16-17H2,1-5H3/b13-9-,15-14+/t19-,20+/m1/s1. The molecule has 2 atom stereocenters. The Morgan fingerprint density at radius 1 is 1.24 bits per heavy atom. The van der Waals surface area contributed by atoms with Gasteiger partial charge in [0.1, 0.15) is 6.61 Å². The third-order valence-electron chi connectivity index (χ3n) is 6.06. The number of nitrogens with zero attached hydrogens (tertiary/aromatic N) is 1. The zero-order chi connectivity index (χ0) is 24.9. The lowest BCUT2D eigenvalue weighted by Gasteiger charge is -2.35. The molecule has 1 heterocycles. The highest BCUT2D eigenvalue weighted by Crippen LogP contribution is 2.37. The predicted molar refractivity (Wildman–Crippen MR) is 123 cm³/mol. The summed E-state index contributed by atoms with van der Waals surface area (Å²) < 4.78 is 51.1. The Balaban J connectivity index is 2.03. The maximum atomic E-state index is 13.5. The van der Waals surface area contributed by atoms with Gasteiger partial charge in [-0.15, -0.1) is 0 Å². The van der Waals surface area contributed by atoms with Gasteiger partial charge in [-0.3, -0.25) is 4.79 Å². The fraction of sp³-hybridized carbons (Fsp3) is 0.500. The van der Waals surface area contributed by atoms with Gasteiger partial charge in [0, 0.05) is 0 Å². The fourth-order valence-corrected chi connectivity index (χ4v) is 3.74. The van der Waals surface area contributed by atoms with Crippen LogP contribution >= 0.6 is 0 Å². The normalized spacial score (nSPS) is 18.7. The van der Waals surface area contributed by atoms with Crippen molar-refractivity contribution in [3.05, 3.63) is 60.4 Å². The number of hydrogen-bond acceptors (Lipinski definition) is 4. The summed E-state index contributed by atoms with van der Waals surface area (Å²) in [4.78, 5) is 25.6. The molecular formula is C24H32F3NO4Si. The number of benzene rings is 1.